The van der Waals surface area contributed by atoms with Gasteiger partial charge in [-0.3, -0.25) is 0 Å². The molecule has 6 heteroatoms. The molecule has 26 heavy (non-hydrogen) atoms. The predicted molar refractivity (Wildman–Crippen MR) is 107 cm³/mol. The van der Waals surface area contributed by atoms with Crippen LogP contribution < -0.4 is 18.9 Å². The Morgan fingerprint density at radius 1 is 0.769 bits per heavy atom. The van der Waals surface area contributed by atoms with Gasteiger partial charge in [-0.05, 0) is 51.9 Å². The van der Waals surface area contributed by atoms with Crippen molar-refractivity contribution in [1.82, 2.24) is 0 Å². The zero-order chi connectivity index (χ0) is 17.7. The first-order valence-corrected chi connectivity index (χ1v) is 10.4. The van der Waals surface area contributed by atoms with Crippen molar-refractivity contribution in [3.05, 3.63) is 47.5 Å². The van der Waals surface area contributed by atoms with Crippen LogP contribution in [0.2, 0.25) is 0 Å². The number of halogens is 2. The highest BCUT2D eigenvalue weighted by Crippen LogP contribution is 2.48. The second kappa shape index (κ2) is 6.35. The Hall–Kier alpha value is -1.92. The molecule has 2 aliphatic rings. The van der Waals surface area contributed by atoms with Crippen molar-refractivity contribution in [2.75, 3.05) is 13.6 Å². The van der Waals surface area contributed by atoms with Gasteiger partial charge in [0.05, 0.1) is 0 Å². The molecular weight excluding hydrogens is 464 g/mol. The van der Waals surface area contributed by atoms with Crippen molar-refractivity contribution in [3.8, 4) is 34.1 Å². The Balaban J connectivity index is 1.88. The van der Waals surface area contributed by atoms with Gasteiger partial charge in [0.25, 0.3) is 0 Å². The zero-order valence-corrected chi connectivity index (χ0v) is 16.9. The summed E-state index contributed by atoms with van der Waals surface area (Å²) in [6, 6.07) is 12.3. The number of alkyl halides is 2. The molecule has 0 amide bonds. The molecule has 0 radical (unpaired) electrons. The number of fused-ring (bicyclic) bond motifs is 4. The summed E-state index contributed by atoms with van der Waals surface area (Å²) in [4.78, 5) is 0. The van der Waals surface area contributed by atoms with Crippen LogP contribution in [0.25, 0.3) is 21.9 Å². The number of benzene rings is 3. The number of hydrogen-bond donors (Lipinski definition) is 0. The third-order valence-corrected chi connectivity index (χ3v) is 5.94. The SMILES string of the molecule is BrCc1cc2ccc3c(c2c(-c2ccc4c(c2)OCO4)c1CBr)OCO3. The molecule has 0 saturated carbocycles. The summed E-state index contributed by atoms with van der Waals surface area (Å²) in [7, 11) is 0. The molecule has 0 saturated heterocycles. The Labute approximate surface area is 167 Å². The van der Waals surface area contributed by atoms with Gasteiger partial charge < -0.3 is 18.9 Å². The van der Waals surface area contributed by atoms with Crippen molar-refractivity contribution >= 4 is 42.6 Å². The van der Waals surface area contributed by atoms with E-state index >= 15 is 0 Å². The first-order chi connectivity index (χ1) is 12.8. The van der Waals surface area contributed by atoms with Gasteiger partial charge >= 0.3 is 0 Å². The summed E-state index contributed by atoms with van der Waals surface area (Å²) in [6.45, 7) is 0.511. The molecule has 0 N–H and O–H groups in total. The second-order valence-corrected chi connectivity index (χ2v) is 7.24. The monoisotopic (exact) mass is 476 g/mol. The highest BCUT2D eigenvalue weighted by molar-refractivity contribution is 9.09. The molecule has 3 aromatic rings. The van der Waals surface area contributed by atoms with Crippen LogP contribution in [0.3, 0.4) is 0 Å². The van der Waals surface area contributed by atoms with Gasteiger partial charge in [0.1, 0.15) is 0 Å². The molecule has 2 aliphatic heterocycles. The predicted octanol–water partition coefficient (Wildman–Crippen LogP) is 5.75. The van der Waals surface area contributed by atoms with Gasteiger partial charge in [0.15, 0.2) is 23.0 Å². The third kappa shape index (κ3) is 2.39. The van der Waals surface area contributed by atoms with Crippen molar-refractivity contribution in [3.63, 3.8) is 0 Å². The van der Waals surface area contributed by atoms with Crippen LogP contribution >= 0.6 is 31.9 Å². The highest BCUT2D eigenvalue weighted by atomic mass is 79.9. The van der Waals surface area contributed by atoms with Gasteiger partial charge in [-0.1, -0.05) is 44.0 Å². The first kappa shape index (κ1) is 16.3. The fourth-order valence-electron chi connectivity index (χ4n) is 3.59. The van der Waals surface area contributed by atoms with E-state index in [2.05, 4.69) is 50.1 Å². The van der Waals surface area contributed by atoms with E-state index in [9.17, 15) is 0 Å². The van der Waals surface area contributed by atoms with Crippen molar-refractivity contribution < 1.29 is 18.9 Å². The number of rotatable bonds is 3. The van der Waals surface area contributed by atoms with Crippen molar-refractivity contribution in [1.29, 1.82) is 0 Å². The lowest BCUT2D eigenvalue weighted by molar-refractivity contribution is 0.174. The highest BCUT2D eigenvalue weighted by Gasteiger charge is 2.24. The lowest BCUT2D eigenvalue weighted by Gasteiger charge is -2.17. The minimum Gasteiger partial charge on any atom is -0.454 e. The summed E-state index contributed by atoms with van der Waals surface area (Å²) >= 11 is 7.31. The first-order valence-electron chi connectivity index (χ1n) is 8.19. The van der Waals surface area contributed by atoms with E-state index in [1.165, 1.54) is 11.1 Å². The lowest BCUT2D eigenvalue weighted by atomic mass is 9.90. The second-order valence-electron chi connectivity index (χ2n) is 6.12. The summed E-state index contributed by atoms with van der Waals surface area (Å²) in [5.74, 6) is 3.13. The van der Waals surface area contributed by atoms with Crippen LogP contribution in [0.5, 0.6) is 23.0 Å². The average molecular weight is 478 g/mol. The van der Waals surface area contributed by atoms with E-state index < -0.39 is 0 Å². The Kier molecular flexibility index (Phi) is 3.98. The minimum atomic E-state index is 0.249. The maximum absolute atomic E-state index is 5.83. The van der Waals surface area contributed by atoms with Gasteiger partial charge in [-0.15, -0.1) is 0 Å². The normalized spacial score (nSPS) is 14.2. The summed E-state index contributed by atoms with van der Waals surface area (Å²) in [5.41, 5.74) is 4.66. The van der Waals surface area contributed by atoms with Crippen LogP contribution in [-0.2, 0) is 10.7 Å². The smallest absolute Gasteiger partial charge is 0.231 e. The average Bonchev–Trinajstić information content (AvgIpc) is 3.34. The molecule has 2 heterocycles. The van der Waals surface area contributed by atoms with Crippen LogP contribution in [0.4, 0.5) is 0 Å². The molecule has 4 nitrogen and oxygen atoms in total. The maximum atomic E-state index is 5.83. The van der Waals surface area contributed by atoms with E-state index in [1.54, 1.807) is 0 Å². The Bertz CT molecular complexity index is 1030. The molecule has 0 bridgehead atoms. The topological polar surface area (TPSA) is 36.9 Å². The van der Waals surface area contributed by atoms with E-state index in [0.717, 1.165) is 55.6 Å². The number of hydrogen-bond acceptors (Lipinski definition) is 4. The van der Waals surface area contributed by atoms with Crippen LogP contribution in [0, 0.1) is 0 Å². The Morgan fingerprint density at radius 3 is 2.38 bits per heavy atom. The molecule has 0 unspecified atom stereocenters. The molecule has 3 aromatic carbocycles. The molecule has 0 fully saturated rings. The molecule has 0 spiro atoms. The van der Waals surface area contributed by atoms with Gasteiger partial charge in [-0.25, -0.2) is 0 Å². The molecular formula is C20H14Br2O4. The van der Waals surface area contributed by atoms with Crippen LogP contribution in [-0.4, -0.2) is 13.6 Å². The van der Waals surface area contributed by atoms with Gasteiger partial charge in [-0.2, -0.15) is 0 Å². The minimum absolute atomic E-state index is 0.249. The summed E-state index contributed by atoms with van der Waals surface area (Å²) in [6.07, 6.45) is 0. The molecule has 0 aliphatic carbocycles. The Morgan fingerprint density at radius 2 is 1.54 bits per heavy atom. The van der Waals surface area contributed by atoms with Gasteiger partial charge in [0.2, 0.25) is 13.6 Å². The van der Waals surface area contributed by atoms with Gasteiger partial charge in [0, 0.05) is 16.0 Å². The molecule has 0 aromatic heterocycles. The van der Waals surface area contributed by atoms with Crippen LogP contribution in [0.1, 0.15) is 11.1 Å². The standard InChI is InChI=1S/C20H14Br2O4/c21-7-13-5-11-2-4-16-20(26-10-24-16)19(11)18(14(13)8-22)12-1-3-15-17(6-12)25-9-23-15/h1-6H,7-10H2. The molecule has 5 rings (SSSR count). The molecule has 132 valence electrons. The van der Waals surface area contributed by atoms with E-state index in [4.69, 9.17) is 18.9 Å². The lowest BCUT2D eigenvalue weighted by Crippen LogP contribution is -1.97. The number of ether oxygens (including phenoxy) is 4. The van der Waals surface area contributed by atoms with Crippen molar-refractivity contribution in [2.45, 2.75) is 10.7 Å². The zero-order valence-electron chi connectivity index (χ0n) is 13.7. The summed E-state index contributed by atoms with van der Waals surface area (Å²) in [5, 5.41) is 3.70. The van der Waals surface area contributed by atoms with E-state index in [1.807, 2.05) is 18.2 Å². The molecule has 0 atom stereocenters. The fourth-order valence-corrected chi connectivity index (χ4v) is 4.74. The summed E-state index contributed by atoms with van der Waals surface area (Å²) < 4.78 is 22.5. The maximum Gasteiger partial charge on any atom is 0.231 e. The fraction of sp³-hybridized carbons (Fsp3) is 0.200. The largest absolute Gasteiger partial charge is 0.454 e. The van der Waals surface area contributed by atoms with Crippen molar-refractivity contribution in [2.24, 2.45) is 0 Å². The quantitative estimate of drug-likeness (QED) is 0.450. The van der Waals surface area contributed by atoms with Crippen LogP contribution in [0.15, 0.2) is 36.4 Å². The van der Waals surface area contributed by atoms with E-state index in [-0.39, 0.29) is 13.6 Å². The third-order valence-electron chi connectivity index (χ3n) is 4.78. The van der Waals surface area contributed by atoms with E-state index in [0.29, 0.717) is 0 Å².